The highest BCUT2D eigenvalue weighted by Crippen LogP contribution is 2.42. The minimum absolute atomic E-state index is 0.314. The zero-order valence-electron chi connectivity index (χ0n) is 9.00. The number of nitrogens with zero attached hydrogens (tertiary/aromatic N) is 1. The van der Waals surface area contributed by atoms with Crippen LogP contribution in [-0.4, -0.2) is 4.98 Å². The highest BCUT2D eigenvalue weighted by Gasteiger charge is 2.26. The summed E-state index contributed by atoms with van der Waals surface area (Å²) >= 11 is 3.40. The second-order valence-electron chi connectivity index (χ2n) is 4.27. The summed E-state index contributed by atoms with van der Waals surface area (Å²) in [4.78, 5) is 4.52. The summed E-state index contributed by atoms with van der Waals surface area (Å²) in [6.07, 6.45) is 2.30. The number of halogens is 2. The van der Waals surface area contributed by atoms with Gasteiger partial charge in [0.1, 0.15) is 5.82 Å². The average Bonchev–Trinajstić information content (AvgIpc) is 3.16. The monoisotopic (exact) mass is 295 g/mol. The lowest BCUT2D eigenvalue weighted by molar-refractivity contribution is 0.639. The first-order valence-electron chi connectivity index (χ1n) is 5.46. The van der Waals surface area contributed by atoms with Gasteiger partial charge in [-0.15, -0.1) is 0 Å². The number of hydrogen-bond acceptors (Lipinski definition) is 3. The van der Waals surface area contributed by atoms with Crippen molar-refractivity contribution in [1.82, 2.24) is 4.98 Å². The average molecular weight is 296 g/mol. The van der Waals surface area contributed by atoms with E-state index < -0.39 is 0 Å². The van der Waals surface area contributed by atoms with Gasteiger partial charge in [0.05, 0.1) is 16.6 Å². The molecular weight excluding hydrogens is 285 g/mol. The van der Waals surface area contributed by atoms with E-state index in [9.17, 15) is 4.39 Å². The van der Waals surface area contributed by atoms with Gasteiger partial charge in [0, 0.05) is 16.1 Å². The molecule has 88 valence electrons. The lowest BCUT2D eigenvalue weighted by Crippen LogP contribution is -2.09. The van der Waals surface area contributed by atoms with E-state index in [4.69, 9.17) is 5.84 Å². The maximum absolute atomic E-state index is 13.8. The smallest absolute Gasteiger partial charge is 0.134 e. The Kier molecular flexibility index (Phi) is 2.52. The number of hydrazine groups is 1. The topological polar surface area (TPSA) is 50.9 Å². The summed E-state index contributed by atoms with van der Waals surface area (Å²) in [5, 5.41) is 0.436. The zero-order valence-corrected chi connectivity index (χ0v) is 10.6. The van der Waals surface area contributed by atoms with Gasteiger partial charge in [-0.05, 0) is 47.0 Å². The molecule has 1 aliphatic carbocycles. The summed E-state index contributed by atoms with van der Waals surface area (Å²) in [5.74, 6) is 5.65. The first-order valence-corrected chi connectivity index (χ1v) is 6.25. The molecule has 3 nitrogen and oxygen atoms in total. The standard InChI is InChI=1S/C12H11BrFN3/c13-7-3-4-8(14)11-10(17-15)5-9(6-1-2-6)16-12(7)11/h3-6H,1-2,15H2,(H,16,17). The molecule has 2 aromatic rings. The molecule has 0 saturated heterocycles. The Bertz CT molecular complexity index is 596. The highest BCUT2D eigenvalue weighted by atomic mass is 79.9. The lowest BCUT2D eigenvalue weighted by atomic mass is 10.1. The fourth-order valence-corrected chi connectivity index (χ4v) is 2.41. The highest BCUT2D eigenvalue weighted by molar-refractivity contribution is 9.10. The molecule has 0 amide bonds. The van der Waals surface area contributed by atoms with Crippen LogP contribution < -0.4 is 11.3 Å². The number of nitrogens with one attached hydrogen (secondary N) is 1. The number of fused-ring (bicyclic) bond motifs is 1. The van der Waals surface area contributed by atoms with Gasteiger partial charge in [-0.2, -0.15) is 0 Å². The van der Waals surface area contributed by atoms with Crippen LogP contribution in [-0.2, 0) is 0 Å². The Morgan fingerprint density at radius 2 is 2.18 bits per heavy atom. The maximum Gasteiger partial charge on any atom is 0.134 e. The van der Waals surface area contributed by atoms with Gasteiger partial charge < -0.3 is 5.43 Å². The molecule has 1 aromatic heterocycles. The van der Waals surface area contributed by atoms with Crippen LogP contribution in [0.5, 0.6) is 0 Å². The molecule has 0 radical (unpaired) electrons. The van der Waals surface area contributed by atoms with Crippen LogP contribution in [0.15, 0.2) is 22.7 Å². The van der Waals surface area contributed by atoms with E-state index in [0.717, 1.165) is 23.0 Å². The second-order valence-corrected chi connectivity index (χ2v) is 5.12. The molecule has 0 unspecified atom stereocenters. The molecule has 3 rings (SSSR count). The zero-order chi connectivity index (χ0) is 12.0. The van der Waals surface area contributed by atoms with Crippen LogP contribution in [0, 0.1) is 5.82 Å². The van der Waals surface area contributed by atoms with Crippen molar-refractivity contribution in [2.75, 3.05) is 5.43 Å². The van der Waals surface area contributed by atoms with Crippen molar-refractivity contribution in [2.45, 2.75) is 18.8 Å². The molecule has 1 fully saturated rings. The molecule has 1 aliphatic rings. The van der Waals surface area contributed by atoms with E-state index in [0.29, 0.717) is 22.5 Å². The van der Waals surface area contributed by atoms with Gasteiger partial charge in [0.2, 0.25) is 0 Å². The Labute approximate surface area is 106 Å². The summed E-state index contributed by atoms with van der Waals surface area (Å²) in [5.41, 5.74) is 4.76. The maximum atomic E-state index is 13.8. The van der Waals surface area contributed by atoms with Crippen LogP contribution in [0.25, 0.3) is 10.9 Å². The normalized spacial score (nSPS) is 15.2. The first-order chi connectivity index (χ1) is 8.20. The van der Waals surface area contributed by atoms with Gasteiger partial charge in [-0.1, -0.05) is 0 Å². The molecule has 0 aliphatic heterocycles. The van der Waals surface area contributed by atoms with E-state index in [1.54, 1.807) is 6.07 Å². The van der Waals surface area contributed by atoms with E-state index in [1.807, 2.05) is 6.07 Å². The number of aromatic nitrogens is 1. The predicted molar refractivity (Wildman–Crippen MR) is 69.2 cm³/mol. The van der Waals surface area contributed by atoms with Gasteiger partial charge in [0.15, 0.2) is 0 Å². The van der Waals surface area contributed by atoms with E-state index in [1.165, 1.54) is 6.07 Å². The molecule has 0 spiro atoms. The third kappa shape index (κ3) is 1.79. The number of rotatable bonds is 2. The van der Waals surface area contributed by atoms with Crippen molar-refractivity contribution in [2.24, 2.45) is 5.84 Å². The van der Waals surface area contributed by atoms with Gasteiger partial charge >= 0.3 is 0 Å². The van der Waals surface area contributed by atoms with Crippen LogP contribution in [0.1, 0.15) is 24.5 Å². The number of nitrogen functional groups attached to an aromatic ring is 1. The van der Waals surface area contributed by atoms with Crippen molar-refractivity contribution in [3.63, 3.8) is 0 Å². The minimum Gasteiger partial charge on any atom is -0.323 e. The largest absolute Gasteiger partial charge is 0.323 e. The lowest BCUT2D eigenvalue weighted by Gasteiger charge is -2.10. The summed E-state index contributed by atoms with van der Waals surface area (Å²) < 4.78 is 14.6. The Morgan fingerprint density at radius 3 is 2.82 bits per heavy atom. The Morgan fingerprint density at radius 1 is 1.41 bits per heavy atom. The summed E-state index contributed by atoms with van der Waals surface area (Å²) in [7, 11) is 0. The van der Waals surface area contributed by atoms with E-state index >= 15 is 0 Å². The van der Waals surface area contributed by atoms with E-state index in [2.05, 4.69) is 26.3 Å². The third-order valence-electron chi connectivity index (χ3n) is 3.03. The number of pyridine rings is 1. The van der Waals surface area contributed by atoms with Gasteiger partial charge in [-0.3, -0.25) is 10.8 Å². The Hall–Kier alpha value is -1.20. The third-order valence-corrected chi connectivity index (χ3v) is 3.67. The van der Waals surface area contributed by atoms with Crippen LogP contribution in [0.3, 0.4) is 0 Å². The summed E-state index contributed by atoms with van der Waals surface area (Å²) in [6, 6.07) is 4.92. The van der Waals surface area contributed by atoms with Crippen molar-refractivity contribution >= 4 is 32.5 Å². The molecule has 17 heavy (non-hydrogen) atoms. The van der Waals surface area contributed by atoms with Crippen LogP contribution in [0.2, 0.25) is 0 Å². The molecule has 0 atom stereocenters. The van der Waals surface area contributed by atoms with Crippen LogP contribution in [0.4, 0.5) is 10.1 Å². The predicted octanol–water partition coefficient (Wildman–Crippen LogP) is 3.30. The Balaban J connectivity index is 2.35. The number of anilines is 1. The molecule has 1 heterocycles. The number of nitrogens with two attached hydrogens (primary N) is 1. The second kappa shape index (κ2) is 3.92. The first kappa shape index (κ1) is 10.9. The number of benzene rings is 1. The SMILES string of the molecule is NNc1cc(C2CC2)nc2c(Br)ccc(F)c12. The molecule has 0 bridgehead atoms. The van der Waals surface area contributed by atoms with Crippen LogP contribution >= 0.6 is 15.9 Å². The fourth-order valence-electron chi connectivity index (χ4n) is 1.99. The van der Waals surface area contributed by atoms with Crippen molar-refractivity contribution in [3.05, 3.63) is 34.2 Å². The van der Waals surface area contributed by atoms with Crippen molar-refractivity contribution in [3.8, 4) is 0 Å². The molecular formula is C12H11BrFN3. The van der Waals surface area contributed by atoms with Gasteiger partial charge in [0.25, 0.3) is 0 Å². The molecule has 1 saturated carbocycles. The molecule has 5 heteroatoms. The molecule has 3 N–H and O–H groups in total. The van der Waals surface area contributed by atoms with Gasteiger partial charge in [-0.25, -0.2) is 4.39 Å². The van der Waals surface area contributed by atoms with E-state index in [-0.39, 0.29) is 5.82 Å². The van der Waals surface area contributed by atoms with Crippen molar-refractivity contribution in [1.29, 1.82) is 0 Å². The van der Waals surface area contributed by atoms with Crippen molar-refractivity contribution < 1.29 is 4.39 Å². The fraction of sp³-hybridized carbons (Fsp3) is 0.250. The number of hydrogen-bond donors (Lipinski definition) is 2. The minimum atomic E-state index is -0.314. The quantitative estimate of drug-likeness (QED) is 0.660. The molecule has 1 aromatic carbocycles. The summed E-state index contributed by atoms with van der Waals surface area (Å²) in [6.45, 7) is 0.